The summed E-state index contributed by atoms with van der Waals surface area (Å²) in [4.78, 5) is 16.6. The molecule has 1 aliphatic heterocycles. The van der Waals surface area contributed by atoms with Crippen LogP contribution in [0.5, 0.6) is 0 Å². The van der Waals surface area contributed by atoms with Gasteiger partial charge in [-0.1, -0.05) is 36.8 Å². The van der Waals surface area contributed by atoms with E-state index in [1.807, 2.05) is 47.9 Å². The van der Waals surface area contributed by atoms with Gasteiger partial charge >= 0.3 is 0 Å². The second-order valence-electron chi connectivity index (χ2n) is 6.69. The molecule has 0 aliphatic carbocycles. The predicted octanol–water partition coefficient (Wildman–Crippen LogP) is 2.75. The Bertz CT molecular complexity index is 501. The van der Waals surface area contributed by atoms with Crippen molar-refractivity contribution >= 4 is 5.91 Å². The fraction of sp³-hybridized carbons (Fsp3) is 0.632. The zero-order valence-electron chi connectivity index (χ0n) is 14.7. The number of piperidine rings is 1. The van der Waals surface area contributed by atoms with Gasteiger partial charge in [-0.25, -0.2) is 0 Å². The van der Waals surface area contributed by atoms with Gasteiger partial charge in [-0.05, 0) is 45.2 Å². The normalized spacial score (nSPS) is 19.9. The van der Waals surface area contributed by atoms with Gasteiger partial charge in [0.05, 0.1) is 12.6 Å². The fourth-order valence-electron chi connectivity index (χ4n) is 3.19. The maximum Gasteiger partial charge on any atom is 0.236 e. The van der Waals surface area contributed by atoms with Crippen LogP contribution in [0, 0.1) is 6.92 Å². The number of likely N-dealkylation sites (N-methyl/N-ethyl adjacent to an activating group) is 1. The molecular weight excluding hydrogens is 288 g/mol. The van der Waals surface area contributed by atoms with Crippen LogP contribution in [0.15, 0.2) is 24.3 Å². The van der Waals surface area contributed by atoms with E-state index in [1.165, 1.54) is 12.0 Å². The minimum absolute atomic E-state index is 0.190. The molecule has 1 aromatic rings. The van der Waals surface area contributed by atoms with Crippen molar-refractivity contribution in [2.75, 3.05) is 26.2 Å². The molecule has 23 heavy (non-hydrogen) atoms. The Hall–Kier alpha value is -1.39. The third-order valence-corrected chi connectivity index (χ3v) is 4.82. The molecule has 1 amide bonds. The van der Waals surface area contributed by atoms with Gasteiger partial charge in [0.15, 0.2) is 0 Å². The molecule has 0 radical (unpaired) electrons. The number of nitrogens with zero attached hydrogens (tertiary/aromatic N) is 2. The van der Waals surface area contributed by atoms with E-state index in [-0.39, 0.29) is 5.91 Å². The van der Waals surface area contributed by atoms with Gasteiger partial charge in [0.2, 0.25) is 5.91 Å². The second-order valence-corrected chi connectivity index (χ2v) is 6.69. The van der Waals surface area contributed by atoms with Crippen LogP contribution in [0.2, 0.25) is 0 Å². The monoisotopic (exact) mass is 318 g/mol. The summed E-state index contributed by atoms with van der Waals surface area (Å²) < 4.78 is 0. The Balaban J connectivity index is 1.91. The maximum atomic E-state index is 12.5. The number of likely N-dealkylation sites (tertiary alicyclic amines) is 1. The van der Waals surface area contributed by atoms with E-state index in [0.717, 1.165) is 31.5 Å². The molecule has 2 atom stereocenters. The summed E-state index contributed by atoms with van der Waals surface area (Å²) in [5, 5.41) is 10.4. The van der Waals surface area contributed by atoms with E-state index in [4.69, 9.17) is 0 Å². The predicted molar refractivity (Wildman–Crippen MR) is 93.3 cm³/mol. The number of hydrogen-bond acceptors (Lipinski definition) is 3. The summed E-state index contributed by atoms with van der Waals surface area (Å²) in [5.74, 6) is 0.190. The first-order valence-corrected chi connectivity index (χ1v) is 8.77. The number of rotatable bonds is 6. The first-order valence-electron chi connectivity index (χ1n) is 8.77. The topological polar surface area (TPSA) is 43.8 Å². The zero-order chi connectivity index (χ0) is 16.8. The van der Waals surface area contributed by atoms with Gasteiger partial charge < -0.3 is 10.0 Å². The highest BCUT2D eigenvalue weighted by Crippen LogP contribution is 2.18. The average Bonchev–Trinajstić information content (AvgIpc) is 2.55. The van der Waals surface area contributed by atoms with E-state index >= 15 is 0 Å². The molecule has 128 valence electrons. The number of amides is 1. The molecule has 0 spiro atoms. The first-order chi connectivity index (χ1) is 11.0. The second kappa shape index (κ2) is 8.46. The largest absolute Gasteiger partial charge is 0.387 e. The van der Waals surface area contributed by atoms with Gasteiger partial charge in [-0.15, -0.1) is 0 Å². The molecule has 1 saturated heterocycles. The molecule has 2 rings (SSSR count). The summed E-state index contributed by atoms with van der Waals surface area (Å²) in [5.41, 5.74) is 2.09. The molecular formula is C19H30N2O2. The number of hydrogen-bond donors (Lipinski definition) is 1. The van der Waals surface area contributed by atoms with Crippen molar-refractivity contribution in [1.29, 1.82) is 0 Å². The Morgan fingerprint density at radius 2 is 2.04 bits per heavy atom. The number of aryl methyl sites for hydroxylation is 1. The third-order valence-electron chi connectivity index (χ3n) is 4.82. The van der Waals surface area contributed by atoms with Crippen LogP contribution in [0.4, 0.5) is 0 Å². The molecule has 1 N–H and O–H groups in total. The van der Waals surface area contributed by atoms with Crippen LogP contribution in [0.25, 0.3) is 0 Å². The molecule has 4 nitrogen and oxygen atoms in total. The molecule has 1 fully saturated rings. The van der Waals surface area contributed by atoms with Crippen LogP contribution in [0.3, 0.4) is 0 Å². The Morgan fingerprint density at radius 3 is 2.65 bits per heavy atom. The van der Waals surface area contributed by atoms with Crippen LogP contribution >= 0.6 is 0 Å². The molecule has 1 heterocycles. The Kier molecular flexibility index (Phi) is 6.60. The quantitative estimate of drug-likeness (QED) is 0.877. The summed E-state index contributed by atoms with van der Waals surface area (Å²) in [6.45, 7) is 8.72. The number of aliphatic hydroxyl groups excluding tert-OH is 1. The van der Waals surface area contributed by atoms with Crippen LogP contribution in [-0.2, 0) is 4.79 Å². The average molecular weight is 318 g/mol. The lowest BCUT2D eigenvalue weighted by Gasteiger charge is -2.35. The maximum absolute atomic E-state index is 12.5. The Morgan fingerprint density at radius 1 is 1.35 bits per heavy atom. The van der Waals surface area contributed by atoms with Gasteiger partial charge in [0.25, 0.3) is 0 Å². The molecule has 4 heteroatoms. The SMILES string of the molecule is CCN(CC(=O)N1CCCCC1C)CC(O)c1ccc(C)cc1. The standard InChI is InChI=1S/C19H30N2O2/c1-4-20(13-18(22)17-10-8-15(2)9-11-17)14-19(23)21-12-6-5-7-16(21)3/h8-11,16,18,22H,4-7,12-14H2,1-3H3. The van der Waals surface area contributed by atoms with Gasteiger partial charge in [0.1, 0.15) is 0 Å². The number of carbonyl (C=O) groups is 1. The number of carbonyl (C=O) groups excluding carboxylic acids is 1. The smallest absolute Gasteiger partial charge is 0.236 e. The van der Waals surface area contributed by atoms with Gasteiger partial charge in [-0.3, -0.25) is 9.69 Å². The minimum atomic E-state index is -0.554. The van der Waals surface area contributed by atoms with Crippen LogP contribution in [0.1, 0.15) is 50.3 Å². The van der Waals surface area contributed by atoms with Crippen molar-refractivity contribution in [2.24, 2.45) is 0 Å². The summed E-state index contributed by atoms with van der Waals surface area (Å²) in [6, 6.07) is 8.28. The molecule has 0 saturated carbocycles. The summed E-state index contributed by atoms with van der Waals surface area (Å²) in [6.07, 6.45) is 2.87. The van der Waals surface area contributed by atoms with Crippen molar-refractivity contribution in [3.63, 3.8) is 0 Å². The fourth-order valence-corrected chi connectivity index (χ4v) is 3.19. The van der Waals surface area contributed by atoms with Crippen molar-refractivity contribution in [1.82, 2.24) is 9.80 Å². The highest BCUT2D eigenvalue weighted by atomic mass is 16.3. The van der Waals surface area contributed by atoms with Gasteiger partial charge in [-0.2, -0.15) is 0 Å². The van der Waals surface area contributed by atoms with Crippen molar-refractivity contribution in [3.05, 3.63) is 35.4 Å². The molecule has 0 bridgehead atoms. The third kappa shape index (κ3) is 5.05. The van der Waals surface area contributed by atoms with Crippen molar-refractivity contribution < 1.29 is 9.90 Å². The van der Waals surface area contributed by atoms with Crippen LogP contribution in [-0.4, -0.2) is 53.0 Å². The minimum Gasteiger partial charge on any atom is -0.387 e. The Labute approximate surface area is 140 Å². The number of benzene rings is 1. The molecule has 0 aromatic heterocycles. The van der Waals surface area contributed by atoms with Crippen LogP contribution < -0.4 is 0 Å². The highest BCUT2D eigenvalue weighted by molar-refractivity contribution is 5.78. The van der Waals surface area contributed by atoms with E-state index in [9.17, 15) is 9.90 Å². The number of aliphatic hydroxyl groups is 1. The summed E-state index contributed by atoms with van der Waals surface area (Å²) in [7, 11) is 0. The lowest BCUT2D eigenvalue weighted by Crippen LogP contribution is -2.47. The van der Waals surface area contributed by atoms with E-state index < -0.39 is 6.10 Å². The van der Waals surface area contributed by atoms with E-state index in [0.29, 0.717) is 19.1 Å². The lowest BCUT2D eigenvalue weighted by atomic mass is 10.0. The van der Waals surface area contributed by atoms with E-state index in [1.54, 1.807) is 0 Å². The molecule has 1 aromatic carbocycles. The van der Waals surface area contributed by atoms with Gasteiger partial charge in [0, 0.05) is 19.1 Å². The van der Waals surface area contributed by atoms with Crippen molar-refractivity contribution in [3.8, 4) is 0 Å². The van der Waals surface area contributed by atoms with E-state index in [2.05, 4.69) is 6.92 Å². The molecule has 2 unspecified atom stereocenters. The first kappa shape index (κ1) is 18.0. The highest BCUT2D eigenvalue weighted by Gasteiger charge is 2.25. The zero-order valence-corrected chi connectivity index (χ0v) is 14.7. The molecule has 1 aliphatic rings. The lowest BCUT2D eigenvalue weighted by molar-refractivity contribution is -0.135. The summed E-state index contributed by atoms with van der Waals surface area (Å²) >= 11 is 0. The van der Waals surface area contributed by atoms with Crippen molar-refractivity contribution in [2.45, 2.75) is 52.2 Å².